The van der Waals surface area contributed by atoms with Gasteiger partial charge in [0.1, 0.15) is 18.3 Å². The first kappa shape index (κ1) is 26.0. The molecule has 0 bridgehead atoms. The van der Waals surface area contributed by atoms with Crippen LogP contribution < -0.4 is 10.1 Å². The highest BCUT2D eigenvalue weighted by Crippen LogP contribution is 2.34. The van der Waals surface area contributed by atoms with Gasteiger partial charge in [0.15, 0.2) is 5.78 Å². The second-order valence-electron chi connectivity index (χ2n) is 10.2. The van der Waals surface area contributed by atoms with Crippen LogP contribution in [0.5, 0.6) is 0 Å². The van der Waals surface area contributed by atoms with Crippen molar-refractivity contribution in [1.29, 1.82) is 0 Å². The predicted molar refractivity (Wildman–Crippen MR) is 134 cm³/mol. The molecule has 2 saturated heterocycles. The lowest BCUT2D eigenvalue weighted by Crippen LogP contribution is -3.19. The Morgan fingerprint density at radius 1 is 1.14 bits per heavy atom. The average molecular weight is 495 g/mol. The lowest BCUT2D eigenvalue weighted by Gasteiger charge is -2.38. The van der Waals surface area contributed by atoms with E-state index in [0.29, 0.717) is 25.3 Å². The van der Waals surface area contributed by atoms with E-state index in [9.17, 15) is 19.5 Å². The zero-order valence-corrected chi connectivity index (χ0v) is 21.0. The van der Waals surface area contributed by atoms with Crippen molar-refractivity contribution in [2.75, 3.05) is 19.7 Å². The fourth-order valence-corrected chi connectivity index (χ4v) is 5.44. The number of nitrogens with one attached hydrogen (secondary N) is 2. The van der Waals surface area contributed by atoms with Crippen molar-refractivity contribution in [3.8, 4) is 11.3 Å². The molecule has 192 valence electrons. The van der Waals surface area contributed by atoms with Crippen LogP contribution in [-0.2, 0) is 18.9 Å². The SMILES string of the molecule is CC(C)C[C@H](CC(=O)[C@@H](NC(=O)c1cccc(-c2ccccc2)n1)[C@@H](C)O)[B-]12OCC[NH+]1CC(=O)O2. The quantitative estimate of drug-likeness (QED) is 0.421. The van der Waals surface area contributed by atoms with Crippen LogP contribution in [-0.4, -0.2) is 66.3 Å². The molecule has 4 rings (SSSR count). The molecule has 0 saturated carbocycles. The number of carbonyl (C=O) groups is 3. The Kier molecular flexibility index (Phi) is 7.87. The maximum absolute atomic E-state index is 13.5. The van der Waals surface area contributed by atoms with Crippen molar-refractivity contribution in [2.24, 2.45) is 5.92 Å². The minimum absolute atomic E-state index is 0.0162. The fraction of sp³-hybridized carbons (Fsp3) is 0.462. The molecule has 0 aliphatic carbocycles. The molecule has 2 unspecified atom stereocenters. The van der Waals surface area contributed by atoms with Crippen LogP contribution in [0, 0.1) is 5.92 Å². The van der Waals surface area contributed by atoms with Crippen LogP contribution in [0.15, 0.2) is 48.5 Å². The Bertz CT molecular complexity index is 1110. The number of hydrogen-bond acceptors (Lipinski definition) is 7. The van der Waals surface area contributed by atoms with Crippen molar-refractivity contribution in [3.05, 3.63) is 54.2 Å². The number of pyridine rings is 1. The molecule has 2 aliphatic rings. The first-order valence-corrected chi connectivity index (χ1v) is 12.6. The van der Waals surface area contributed by atoms with Crippen molar-refractivity contribution in [3.63, 3.8) is 0 Å². The lowest BCUT2D eigenvalue weighted by atomic mass is 9.53. The standard InChI is InChI=1S/C26H34BN3O6/c1-17(2)14-20(27-30(12-13-35-27)16-24(33)36-27)15-23(32)25(18(3)31)29-26(34)22-11-7-10-21(28-22)19-8-5-4-6-9-19/h4-11,17-18,20,25,30-31H,12-16H2,1-3H3,(H,29,34)/t18-,20-,25+,27?/m1/s1. The molecular weight excluding hydrogens is 461 g/mol. The number of carbonyl (C=O) groups excluding carboxylic acids is 3. The monoisotopic (exact) mass is 495 g/mol. The number of ketones is 1. The molecule has 3 heterocycles. The zero-order valence-electron chi connectivity index (χ0n) is 21.0. The molecule has 1 aromatic heterocycles. The van der Waals surface area contributed by atoms with Gasteiger partial charge in [-0.15, -0.1) is 0 Å². The molecule has 1 amide bonds. The largest absolute Gasteiger partial charge is 0.611 e. The third-order valence-electron chi connectivity index (χ3n) is 7.06. The molecule has 2 aliphatic heterocycles. The fourth-order valence-electron chi connectivity index (χ4n) is 5.44. The molecule has 5 atom stereocenters. The minimum atomic E-state index is -2.01. The smallest absolute Gasteiger partial charge is 0.530 e. The van der Waals surface area contributed by atoms with Gasteiger partial charge in [-0.1, -0.05) is 56.7 Å². The third kappa shape index (κ3) is 5.51. The Balaban J connectivity index is 1.51. The Morgan fingerprint density at radius 2 is 1.89 bits per heavy atom. The third-order valence-corrected chi connectivity index (χ3v) is 7.06. The molecule has 10 heteroatoms. The van der Waals surface area contributed by atoms with Gasteiger partial charge in [0.05, 0.1) is 24.9 Å². The van der Waals surface area contributed by atoms with E-state index < -0.39 is 24.7 Å². The number of fused-ring (bicyclic) bond motifs is 1. The lowest BCUT2D eigenvalue weighted by molar-refractivity contribution is -0.781. The van der Waals surface area contributed by atoms with Gasteiger partial charge >= 0.3 is 12.7 Å². The number of quaternary nitrogens is 1. The second kappa shape index (κ2) is 10.9. The summed E-state index contributed by atoms with van der Waals surface area (Å²) in [6.07, 6.45) is -0.492. The number of hydrogen-bond donors (Lipinski definition) is 3. The highest BCUT2D eigenvalue weighted by atomic mass is 16.7. The van der Waals surface area contributed by atoms with Crippen LogP contribution >= 0.6 is 0 Å². The summed E-state index contributed by atoms with van der Waals surface area (Å²) < 4.78 is 11.7. The van der Waals surface area contributed by atoms with Crippen molar-refractivity contribution < 1.29 is 33.6 Å². The van der Waals surface area contributed by atoms with E-state index in [-0.39, 0.29) is 42.1 Å². The minimum Gasteiger partial charge on any atom is -0.611 e. The van der Waals surface area contributed by atoms with Crippen LogP contribution in [0.25, 0.3) is 11.3 Å². The van der Waals surface area contributed by atoms with Crippen molar-refractivity contribution in [1.82, 2.24) is 10.3 Å². The number of rotatable bonds is 10. The average Bonchev–Trinajstić information content (AvgIpc) is 3.39. The van der Waals surface area contributed by atoms with E-state index in [4.69, 9.17) is 9.31 Å². The number of aromatic nitrogens is 1. The Hall–Kier alpha value is -3.08. The molecule has 2 fully saturated rings. The Morgan fingerprint density at radius 3 is 2.58 bits per heavy atom. The highest BCUT2D eigenvalue weighted by molar-refractivity contribution is 6.64. The van der Waals surface area contributed by atoms with Crippen LogP contribution in [0.4, 0.5) is 0 Å². The second-order valence-corrected chi connectivity index (χ2v) is 10.2. The summed E-state index contributed by atoms with van der Waals surface area (Å²) in [5, 5.41) is 13.1. The van der Waals surface area contributed by atoms with Crippen molar-refractivity contribution >= 4 is 24.3 Å². The molecular formula is C26H34BN3O6. The van der Waals surface area contributed by atoms with Gasteiger partial charge in [-0.3, -0.25) is 14.4 Å². The van der Waals surface area contributed by atoms with Gasteiger partial charge < -0.3 is 24.5 Å². The Labute approximate surface area is 211 Å². The number of aliphatic hydroxyl groups is 1. The van der Waals surface area contributed by atoms with Gasteiger partial charge in [0.2, 0.25) is 0 Å². The molecule has 3 N–H and O–H groups in total. The summed E-state index contributed by atoms with van der Waals surface area (Å²) in [5.41, 5.74) is 1.64. The summed E-state index contributed by atoms with van der Waals surface area (Å²) in [5.74, 6) is -1.33. The maximum atomic E-state index is 13.5. The van der Waals surface area contributed by atoms with E-state index in [2.05, 4.69) is 10.3 Å². The highest BCUT2D eigenvalue weighted by Gasteiger charge is 2.59. The normalized spacial score (nSPS) is 23.6. The molecule has 0 radical (unpaired) electrons. The van der Waals surface area contributed by atoms with Gasteiger partial charge in [0, 0.05) is 5.56 Å². The van der Waals surface area contributed by atoms with Gasteiger partial charge in [0.25, 0.3) is 5.91 Å². The summed E-state index contributed by atoms with van der Waals surface area (Å²) in [4.78, 5) is 44.0. The van der Waals surface area contributed by atoms with Crippen LogP contribution in [0.3, 0.4) is 0 Å². The summed E-state index contributed by atoms with van der Waals surface area (Å²) >= 11 is 0. The number of nitrogens with zero attached hydrogens (tertiary/aromatic N) is 1. The summed E-state index contributed by atoms with van der Waals surface area (Å²) in [7, 11) is 0. The topological polar surface area (TPSA) is 119 Å². The first-order chi connectivity index (χ1) is 17.2. The molecule has 0 spiro atoms. The molecule has 9 nitrogen and oxygen atoms in total. The van der Waals surface area contributed by atoms with E-state index in [1.54, 1.807) is 18.2 Å². The van der Waals surface area contributed by atoms with Crippen molar-refractivity contribution in [2.45, 2.75) is 51.6 Å². The maximum Gasteiger partial charge on any atom is 0.530 e. The summed E-state index contributed by atoms with van der Waals surface area (Å²) in [6.45, 7) is 4.87. The van der Waals surface area contributed by atoms with Gasteiger partial charge in [-0.2, -0.15) is 0 Å². The van der Waals surface area contributed by atoms with E-state index in [1.807, 2.05) is 44.2 Å². The van der Waals surface area contributed by atoms with E-state index >= 15 is 0 Å². The number of benzene rings is 1. The summed E-state index contributed by atoms with van der Waals surface area (Å²) in [6, 6.07) is 13.4. The number of Topliss-reactive ketones (excluding diaryl/α,β-unsaturated/α-hetero) is 1. The molecule has 1 aromatic carbocycles. The number of amides is 1. The van der Waals surface area contributed by atoms with Gasteiger partial charge in [-0.25, -0.2) is 4.98 Å². The van der Waals surface area contributed by atoms with Crippen LogP contribution in [0.2, 0.25) is 5.82 Å². The zero-order chi connectivity index (χ0) is 25.9. The van der Waals surface area contributed by atoms with E-state index in [0.717, 1.165) is 10.4 Å². The number of aliphatic hydroxyl groups excluding tert-OH is 1. The van der Waals surface area contributed by atoms with Gasteiger partial charge in [-0.05, 0) is 37.2 Å². The van der Waals surface area contributed by atoms with E-state index in [1.165, 1.54) is 6.92 Å². The van der Waals surface area contributed by atoms with Crippen LogP contribution in [0.1, 0.15) is 44.1 Å². The first-order valence-electron chi connectivity index (χ1n) is 12.6. The molecule has 36 heavy (non-hydrogen) atoms. The molecule has 2 aromatic rings. The predicted octanol–water partition coefficient (Wildman–Crippen LogP) is 1.01.